The highest BCUT2D eigenvalue weighted by molar-refractivity contribution is 7.98. The first-order valence-electron chi connectivity index (χ1n) is 8.14. The molecule has 2 aromatic heterocycles. The number of H-pyrrole nitrogens is 1. The minimum Gasteiger partial charge on any atom is -0.486 e. The van der Waals surface area contributed by atoms with Gasteiger partial charge in [0.05, 0.1) is 11.9 Å². The minimum atomic E-state index is -0.262. The largest absolute Gasteiger partial charge is 0.486 e. The fourth-order valence-electron chi connectivity index (χ4n) is 2.63. The Morgan fingerprint density at radius 3 is 2.88 bits per heavy atom. The average molecular weight is 371 g/mol. The predicted molar refractivity (Wildman–Crippen MR) is 98.3 cm³/mol. The van der Waals surface area contributed by atoms with E-state index in [1.54, 1.807) is 22.6 Å². The smallest absolute Gasteiger partial charge is 0.266 e. The number of aromatic amines is 1. The van der Waals surface area contributed by atoms with Crippen LogP contribution in [-0.4, -0.2) is 50.0 Å². The SMILES string of the molecule is CSCCc1nc(-c2c[nH]c(=O)cn2)n(-c2ccc3c(c2)OCCO3)n1. The van der Waals surface area contributed by atoms with E-state index in [1.165, 1.54) is 6.20 Å². The molecule has 8 nitrogen and oxygen atoms in total. The van der Waals surface area contributed by atoms with E-state index in [2.05, 4.69) is 20.1 Å². The molecule has 0 saturated heterocycles. The highest BCUT2D eigenvalue weighted by atomic mass is 32.2. The lowest BCUT2D eigenvalue weighted by molar-refractivity contribution is 0.171. The molecule has 1 aliphatic heterocycles. The van der Waals surface area contributed by atoms with Gasteiger partial charge in [-0.25, -0.2) is 14.6 Å². The van der Waals surface area contributed by atoms with Gasteiger partial charge in [0, 0.05) is 24.4 Å². The summed E-state index contributed by atoms with van der Waals surface area (Å²) in [5.74, 6) is 3.59. The van der Waals surface area contributed by atoms with Gasteiger partial charge in [0.2, 0.25) is 0 Å². The Balaban J connectivity index is 1.79. The molecule has 1 aromatic carbocycles. The summed E-state index contributed by atoms with van der Waals surface area (Å²) in [6, 6.07) is 5.63. The molecule has 4 rings (SSSR count). The van der Waals surface area contributed by atoms with Crippen molar-refractivity contribution >= 4 is 11.8 Å². The van der Waals surface area contributed by atoms with Crippen molar-refractivity contribution in [2.75, 3.05) is 25.2 Å². The zero-order valence-electron chi connectivity index (χ0n) is 14.1. The summed E-state index contributed by atoms with van der Waals surface area (Å²) in [4.78, 5) is 22.8. The number of hydrogen-bond acceptors (Lipinski definition) is 7. The second-order valence-electron chi connectivity index (χ2n) is 5.63. The molecule has 1 N–H and O–H groups in total. The van der Waals surface area contributed by atoms with Crippen LogP contribution in [0.25, 0.3) is 17.2 Å². The van der Waals surface area contributed by atoms with Gasteiger partial charge in [0.15, 0.2) is 23.1 Å². The van der Waals surface area contributed by atoms with E-state index in [0.717, 1.165) is 23.7 Å². The van der Waals surface area contributed by atoms with E-state index in [4.69, 9.17) is 9.47 Å². The van der Waals surface area contributed by atoms with Crippen LogP contribution in [0.3, 0.4) is 0 Å². The van der Waals surface area contributed by atoms with Crippen LogP contribution in [0.15, 0.2) is 35.4 Å². The summed E-state index contributed by atoms with van der Waals surface area (Å²) < 4.78 is 13.0. The molecule has 26 heavy (non-hydrogen) atoms. The molecule has 0 saturated carbocycles. The van der Waals surface area contributed by atoms with Gasteiger partial charge in [-0.15, -0.1) is 0 Å². The third kappa shape index (κ3) is 3.30. The lowest BCUT2D eigenvalue weighted by Gasteiger charge is -2.19. The third-order valence-electron chi connectivity index (χ3n) is 3.85. The van der Waals surface area contributed by atoms with E-state index in [-0.39, 0.29) is 5.56 Å². The van der Waals surface area contributed by atoms with Crippen LogP contribution in [0.5, 0.6) is 11.5 Å². The van der Waals surface area contributed by atoms with Gasteiger partial charge in [-0.05, 0) is 18.4 Å². The summed E-state index contributed by atoms with van der Waals surface area (Å²) in [6.07, 6.45) is 5.57. The molecule has 3 heterocycles. The van der Waals surface area contributed by atoms with Crippen LogP contribution in [0.4, 0.5) is 0 Å². The van der Waals surface area contributed by atoms with Crippen molar-refractivity contribution in [2.24, 2.45) is 0 Å². The molecular formula is C17H17N5O3S. The van der Waals surface area contributed by atoms with Crippen LogP contribution in [0.2, 0.25) is 0 Å². The molecule has 0 amide bonds. The number of aromatic nitrogens is 5. The van der Waals surface area contributed by atoms with Crippen LogP contribution in [0.1, 0.15) is 5.82 Å². The molecule has 0 unspecified atom stereocenters. The monoisotopic (exact) mass is 371 g/mol. The van der Waals surface area contributed by atoms with E-state index >= 15 is 0 Å². The lowest BCUT2D eigenvalue weighted by atomic mass is 10.2. The van der Waals surface area contributed by atoms with Crippen LogP contribution in [-0.2, 0) is 6.42 Å². The molecule has 0 atom stereocenters. The Kier molecular flexibility index (Phi) is 4.61. The Morgan fingerprint density at radius 2 is 2.12 bits per heavy atom. The summed E-state index contributed by atoms with van der Waals surface area (Å²) in [7, 11) is 0. The Hall–Kier alpha value is -2.81. The van der Waals surface area contributed by atoms with E-state index in [1.807, 2.05) is 24.5 Å². The second kappa shape index (κ2) is 7.20. The van der Waals surface area contributed by atoms with Crippen molar-refractivity contribution in [1.29, 1.82) is 0 Å². The zero-order valence-corrected chi connectivity index (χ0v) is 15.0. The second-order valence-corrected chi connectivity index (χ2v) is 6.62. The van der Waals surface area contributed by atoms with Crippen LogP contribution >= 0.6 is 11.8 Å². The van der Waals surface area contributed by atoms with Gasteiger partial charge in [0.25, 0.3) is 5.56 Å². The number of nitrogens with one attached hydrogen (secondary N) is 1. The number of thioether (sulfide) groups is 1. The van der Waals surface area contributed by atoms with Crippen LogP contribution in [0, 0.1) is 0 Å². The first-order valence-corrected chi connectivity index (χ1v) is 9.54. The first kappa shape index (κ1) is 16.6. The third-order valence-corrected chi connectivity index (χ3v) is 4.46. The topological polar surface area (TPSA) is 94.9 Å². The Bertz CT molecular complexity index is 964. The molecule has 1 aliphatic rings. The van der Waals surface area contributed by atoms with Gasteiger partial charge in [0.1, 0.15) is 18.9 Å². The van der Waals surface area contributed by atoms with Crippen molar-refractivity contribution in [3.63, 3.8) is 0 Å². The van der Waals surface area contributed by atoms with Crippen molar-refractivity contribution in [1.82, 2.24) is 24.7 Å². The normalized spacial score (nSPS) is 13.0. The van der Waals surface area contributed by atoms with E-state index in [0.29, 0.717) is 36.2 Å². The maximum absolute atomic E-state index is 11.3. The lowest BCUT2D eigenvalue weighted by Crippen LogP contribution is -2.15. The predicted octanol–water partition coefficient (Wildman–Crippen LogP) is 1.69. The minimum absolute atomic E-state index is 0.262. The van der Waals surface area contributed by atoms with Crippen molar-refractivity contribution < 1.29 is 9.47 Å². The van der Waals surface area contributed by atoms with Crippen molar-refractivity contribution in [3.05, 3.63) is 46.8 Å². The molecule has 134 valence electrons. The number of rotatable bonds is 5. The van der Waals surface area contributed by atoms with Gasteiger partial charge in [-0.2, -0.15) is 16.9 Å². The summed E-state index contributed by atoms with van der Waals surface area (Å²) in [6.45, 7) is 1.06. The maximum atomic E-state index is 11.3. The Labute approximate surface area is 153 Å². The number of benzene rings is 1. The molecule has 0 fully saturated rings. The average Bonchev–Trinajstić information content (AvgIpc) is 3.11. The quantitative estimate of drug-likeness (QED) is 0.729. The molecule has 0 bridgehead atoms. The fraction of sp³-hybridized carbons (Fsp3) is 0.294. The first-order chi connectivity index (χ1) is 12.7. The number of hydrogen-bond donors (Lipinski definition) is 1. The van der Waals surface area contributed by atoms with Gasteiger partial charge < -0.3 is 14.5 Å². The summed E-state index contributed by atoms with van der Waals surface area (Å²) in [5, 5.41) is 4.63. The van der Waals surface area contributed by atoms with Gasteiger partial charge in [-0.1, -0.05) is 0 Å². The molecule has 0 aliphatic carbocycles. The maximum Gasteiger partial charge on any atom is 0.266 e. The van der Waals surface area contributed by atoms with Gasteiger partial charge >= 0.3 is 0 Å². The van der Waals surface area contributed by atoms with Crippen molar-refractivity contribution in [3.8, 4) is 28.7 Å². The summed E-state index contributed by atoms with van der Waals surface area (Å²) in [5.41, 5.74) is 1.07. The van der Waals surface area contributed by atoms with E-state index < -0.39 is 0 Å². The number of fused-ring (bicyclic) bond motifs is 1. The van der Waals surface area contributed by atoms with Crippen molar-refractivity contribution in [2.45, 2.75) is 6.42 Å². The number of ether oxygens (including phenoxy) is 2. The molecule has 0 radical (unpaired) electrons. The number of nitrogens with zero attached hydrogens (tertiary/aromatic N) is 4. The highest BCUT2D eigenvalue weighted by Gasteiger charge is 2.18. The summed E-state index contributed by atoms with van der Waals surface area (Å²) >= 11 is 1.73. The van der Waals surface area contributed by atoms with E-state index in [9.17, 15) is 4.79 Å². The molecule has 9 heteroatoms. The van der Waals surface area contributed by atoms with Gasteiger partial charge in [-0.3, -0.25) is 4.79 Å². The fourth-order valence-corrected chi connectivity index (χ4v) is 3.01. The zero-order chi connectivity index (χ0) is 17.9. The molecule has 3 aromatic rings. The molecule has 0 spiro atoms. The standard InChI is InChI=1S/C17H17N5O3S/c1-26-7-4-15-20-17(12-9-19-16(23)10-18-12)22(21-15)11-2-3-13-14(8-11)25-6-5-24-13/h2-3,8-10H,4-7H2,1H3,(H,19,23). The molecular weight excluding hydrogens is 354 g/mol. The highest BCUT2D eigenvalue weighted by Crippen LogP contribution is 2.32. The number of aryl methyl sites for hydroxylation is 1. The van der Waals surface area contributed by atoms with Crippen LogP contribution < -0.4 is 15.0 Å². The Morgan fingerprint density at radius 1 is 1.27 bits per heavy atom.